The Morgan fingerprint density at radius 2 is 2.00 bits per heavy atom. The fourth-order valence-corrected chi connectivity index (χ4v) is 1.64. The molecule has 0 aliphatic rings. The van der Waals surface area contributed by atoms with E-state index in [1.165, 1.54) is 6.07 Å². The minimum atomic E-state index is -0.423. The minimum absolute atomic E-state index is 0.0189. The first-order chi connectivity index (χ1) is 8.65. The highest BCUT2D eigenvalue weighted by Gasteiger charge is 2.14. The Hall–Kier alpha value is -1.62. The number of ether oxygens (including phenoxy) is 1. The molecule has 0 fully saturated rings. The molecule has 0 unspecified atom stereocenters. The Morgan fingerprint density at radius 1 is 1.28 bits per heavy atom. The van der Waals surface area contributed by atoms with E-state index in [9.17, 15) is 10.1 Å². The van der Waals surface area contributed by atoms with E-state index in [2.05, 4.69) is 0 Å². The maximum Gasteiger partial charge on any atom is 0.311 e. The zero-order chi connectivity index (χ0) is 13.4. The summed E-state index contributed by atoms with van der Waals surface area (Å²) in [6, 6.07) is 4.95. The molecule has 0 spiro atoms. The van der Waals surface area contributed by atoms with Gasteiger partial charge >= 0.3 is 5.69 Å². The number of nitrogens with zero attached hydrogens (tertiary/aromatic N) is 1. The summed E-state index contributed by atoms with van der Waals surface area (Å²) >= 11 is 0. The van der Waals surface area contributed by atoms with Crippen LogP contribution in [-0.2, 0) is 0 Å². The van der Waals surface area contributed by atoms with Gasteiger partial charge in [-0.3, -0.25) is 10.1 Å². The third-order valence-electron chi connectivity index (χ3n) is 2.62. The van der Waals surface area contributed by atoms with Gasteiger partial charge in [0, 0.05) is 12.7 Å². The van der Waals surface area contributed by atoms with Crippen molar-refractivity contribution in [1.29, 1.82) is 0 Å². The molecule has 0 aliphatic carbocycles. The van der Waals surface area contributed by atoms with Crippen molar-refractivity contribution in [3.05, 3.63) is 33.9 Å². The Balaban J connectivity index is 2.44. The average molecular weight is 253 g/mol. The monoisotopic (exact) mass is 253 g/mol. The number of hydrogen-bond acceptors (Lipinski definition) is 4. The first-order valence-corrected chi connectivity index (χ1v) is 6.14. The summed E-state index contributed by atoms with van der Waals surface area (Å²) in [7, 11) is 0. The van der Waals surface area contributed by atoms with E-state index in [1.54, 1.807) is 12.1 Å². The van der Waals surface area contributed by atoms with Crippen LogP contribution < -0.4 is 4.74 Å². The van der Waals surface area contributed by atoms with Gasteiger partial charge in [-0.1, -0.05) is 12.5 Å². The fourth-order valence-electron chi connectivity index (χ4n) is 1.64. The lowest BCUT2D eigenvalue weighted by Gasteiger charge is -2.07. The molecule has 0 saturated carbocycles. The third kappa shape index (κ3) is 4.71. The van der Waals surface area contributed by atoms with E-state index < -0.39 is 4.92 Å². The van der Waals surface area contributed by atoms with Gasteiger partial charge in [0.1, 0.15) is 0 Å². The highest BCUT2D eigenvalue weighted by atomic mass is 16.6. The summed E-state index contributed by atoms with van der Waals surface area (Å²) in [5, 5.41) is 19.5. The van der Waals surface area contributed by atoms with Gasteiger partial charge in [-0.15, -0.1) is 0 Å². The van der Waals surface area contributed by atoms with E-state index in [0.29, 0.717) is 12.4 Å². The van der Waals surface area contributed by atoms with Gasteiger partial charge in [-0.2, -0.15) is 0 Å². The highest BCUT2D eigenvalue weighted by Crippen LogP contribution is 2.27. The number of nitro benzene ring substituents is 1. The van der Waals surface area contributed by atoms with Gasteiger partial charge in [-0.25, -0.2) is 0 Å². The molecule has 1 N–H and O–H groups in total. The van der Waals surface area contributed by atoms with Crippen LogP contribution in [0.1, 0.15) is 31.2 Å². The lowest BCUT2D eigenvalue weighted by molar-refractivity contribution is -0.385. The van der Waals surface area contributed by atoms with Crippen molar-refractivity contribution in [1.82, 2.24) is 0 Å². The quantitative estimate of drug-likeness (QED) is 0.439. The van der Waals surface area contributed by atoms with Crippen molar-refractivity contribution in [3.63, 3.8) is 0 Å². The molecule has 100 valence electrons. The van der Waals surface area contributed by atoms with Crippen molar-refractivity contribution in [2.75, 3.05) is 13.2 Å². The van der Waals surface area contributed by atoms with Gasteiger partial charge in [0.05, 0.1) is 11.5 Å². The number of benzene rings is 1. The van der Waals surface area contributed by atoms with Gasteiger partial charge in [0.25, 0.3) is 0 Å². The van der Waals surface area contributed by atoms with Crippen LogP contribution in [0, 0.1) is 17.0 Å². The molecule has 0 amide bonds. The van der Waals surface area contributed by atoms with Crippen LogP contribution in [-0.4, -0.2) is 23.2 Å². The van der Waals surface area contributed by atoms with Crippen molar-refractivity contribution >= 4 is 5.69 Å². The molecule has 0 aromatic heterocycles. The molecule has 0 aliphatic heterocycles. The molecule has 0 saturated heterocycles. The topological polar surface area (TPSA) is 72.6 Å². The SMILES string of the molecule is Cc1ccc(OCCCCCCO)c([N+](=O)[O-])c1. The lowest BCUT2D eigenvalue weighted by atomic mass is 10.2. The van der Waals surface area contributed by atoms with Crippen molar-refractivity contribution in [2.45, 2.75) is 32.6 Å². The molecule has 0 heterocycles. The molecular weight excluding hydrogens is 234 g/mol. The Labute approximate surface area is 107 Å². The Kier molecular flexibility index (Phi) is 6.14. The Bertz CT molecular complexity index is 393. The van der Waals surface area contributed by atoms with Gasteiger partial charge in [-0.05, 0) is 37.8 Å². The number of aryl methyl sites for hydroxylation is 1. The lowest BCUT2D eigenvalue weighted by Crippen LogP contribution is -2.01. The highest BCUT2D eigenvalue weighted by molar-refractivity contribution is 5.48. The summed E-state index contributed by atoms with van der Waals surface area (Å²) in [4.78, 5) is 10.4. The van der Waals surface area contributed by atoms with Crippen LogP contribution in [0.3, 0.4) is 0 Å². The molecule has 0 bridgehead atoms. The number of hydrogen-bond donors (Lipinski definition) is 1. The van der Waals surface area contributed by atoms with Crippen LogP contribution in [0.25, 0.3) is 0 Å². The normalized spacial score (nSPS) is 10.3. The second kappa shape index (κ2) is 7.66. The van der Waals surface area contributed by atoms with E-state index in [0.717, 1.165) is 31.2 Å². The summed E-state index contributed by atoms with van der Waals surface area (Å²) < 4.78 is 5.43. The van der Waals surface area contributed by atoms with Crippen molar-refractivity contribution < 1.29 is 14.8 Å². The summed E-state index contributed by atoms with van der Waals surface area (Å²) in [6.45, 7) is 2.49. The van der Waals surface area contributed by atoms with Crippen molar-refractivity contribution in [2.24, 2.45) is 0 Å². The number of aliphatic hydroxyl groups is 1. The number of aliphatic hydroxyl groups excluding tert-OH is 1. The first kappa shape index (κ1) is 14.4. The fraction of sp³-hybridized carbons (Fsp3) is 0.538. The van der Waals surface area contributed by atoms with Crippen LogP contribution in [0.5, 0.6) is 5.75 Å². The second-order valence-electron chi connectivity index (χ2n) is 4.21. The zero-order valence-corrected chi connectivity index (χ0v) is 10.6. The maximum atomic E-state index is 10.8. The van der Waals surface area contributed by atoms with Crippen LogP contribution in [0.15, 0.2) is 18.2 Å². The van der Waals surface area contributed by atoms with Gasteiger partial charge < -0.3 is 9.84 Å². The molecule has 1 rings (SSSR count). The number of rotatable bonds is 8. The van der Waals surface area contributed by atoms with Gasteiger partial charge in [0.15, 0.2) is 5.75 Å². The number of unbranched alkanes of at least 4 members (excludes halogenated alkanes) is 3. The molecular formula is C13H19NO4. The number of nitro groups is 1. The molecule has 0 radical (unpaired) electrons. The van der Waals surface area contributed by atoms with Crippen LogP contribution >= 0.6 is 0 Å². The molecule has 1 aromatic rings. The van der Waals surface area contributed by atoms with E-state index in [1.807, 2.05) is 6.92 Å². The molecule has 1 aromatic carbocycles. The predicted molar refractivity (Wildman–Crippen MR) is 68.9 cm³/mol. The van der Waals surface area contributed by atoms with E-state index in [-0.39, 0.29) is 12.3 Å². The van der Waals surface area contributed by atoms with Crippen LogP contribution in [0.4, 0.5) is 5.69 Å². The molecule has 5 nitrogen and oxygen atoms in total. The molecule has 5 heteroatoms. The summed E-state index contributed by atoms with van der Waals surface area (Å²) in [5.41, 5.74) is 0.863. The van der Waals surface area contributed by atoms with E-state index in [4.69, 9.17) is 9.84 Å². The zero-order valence-electron chi connectivity index (χ0n) is 10.6. The third-order valence-corrected chi connectivity index (χ3v) is 2.62. The summed E-state index contributed by atoms with van der Waals surface area (Å²) in [6.07, 6.45) is 3.55. The predicted octanol–water partition coefficient (Wildman–Crippen LogP) is 2.83. The Morgan fingerprint density at radius 3 is 2.67 bits per heavy atom. The smallest absolute Gasteiger partial charge is 0.311 e. The van der Waals surface area contributed by atoms with Crippen LogP contribution in [0.2, 0.25) is 0 Å². The van der Waals surface area contributed by atoms with E-state index >= 15 is 0 Å². The molecule has 0 atom stereocenters. The molecule has 18 heavy (non-hydrogen) atoms. The first-order valence-electron chi connectivity index (χ1n) is 6.14. The minimum Gasteiger partial charge on any atom is -0.487 e. The van der Waals surface area contributed by atoms with Gasteiger partial charge in [0.2, 0.25) is 0 Å². The maximum absolute atomic E-state index is 10.8. The van der Waals surface area contributed by atoms with Crippen molar-refractivity contribution in [3.8, 4) is 5.75 Å². The average Bonchev–Trinajstić information content (AvgIpc) is 2.35. The largest absolute Gasteiger partial charge is 0.487 e. The second-order valence-corrected chi connectivity index (χ2v) is 4.21. The standard InChI is InChI=1S/C13H19NO4/c1-11-6-7-13(12(10-11)14(16)17)18-9-5-3-2-4-8-15/h6-7,10,15H,2-5,8-9H2,1H3. The summed E-state index contributed by atoms with van der Waals surface area (Å²) in [5.74, 6) is 0.327.